The van der Waals surface area contributed by atoms with Gasteiger partial charge in [0.25, 0.3) is 0 Å². The summed E-state index contributed by atoms with van der Waals surface area (Å²) >= 11 is 6.28. The third kappa shape index (κ3) is 6.47. The fourth-order valence-corrected chi connectivity index (χ4v) is 3.74. The quantitative estimate of drug-likeness (QED) is 0.245. The molecule has 2 aromatic rings. The van der Waals surface area contributed by atoms with E-state index in [9.17, 15) is 0 Å². The predicted octanol–water partition coefficient (Wildman–Crippen LogP) is 3.72. The number of hydrogen-bond acceptors (Lipinski definition) is 5. The van der Waals surface area contributed by atoms with E-state index in [0.717, 1.165) is 68.7 Å². The van der Waals surface area contributed by atoms with Gasteiger partial charge >= 0.3 is 0 Å². The van der Waals surface area contributed by atoms with Gasteiger partial charge < -0.3 is 20.1 Å². The monoisotopic (exact) mass is 532 g/mol. The van der Waals surface area contributed by atoms with Gasteiger partial charge in [-0.15, -0.1) is 24.0 Å². The van der Waals surface area contributed by atoms with Crippen LogP contribution >= 0.6 is 35.6 Å². The van der Waals surface area contributed by atoms with E-state index in [1.165, 1.54) is 5.56 Å². The van der Waals surface area contributed by atoms with Gasteiger partial charge in [-0.2, -0.15) is 0 Å². The highest BCUT2D eigenvalue weighted by molar-refractivity contribution is 14.0. The van der Waals surface area contributed by atoms with Crippen molar-refractivity contribution in [1.29, 1.82) is 0 Å². The molecule has 0 spiro atoms. The minimum atomic E-state index is 0. The number of aliphatic imine (C=N–C) groups is 1. The van der Waals surface area contributed by atoms with Crippen LogP contribution in [0, 0.1) is 13.8 Å². The van der Waals surface area contributed by atoms with Crippen LogP contribution in [-0.4, -0.2) is 48.3 Å². The van der Waals surface area contributed by atoms with Gasteiger partial charge in [0.15, 0.2) is 5.96 Å². The largest absolute Gasteiger partial charge is 0.361 e. The van der Waals surface area contributed by atoms with E-state index < -0.39 is 0 Å². The normalized spacial score (nSPS) is 16.6. The van der Waals surface area contributed by atoms with Gasteiger partial charge in [-0.1, -0.05) is 16.8 Å². The standard InChI is InChI=1S/C20H29ClN6O.HI/c1-4-22-20(24-11-5-7-17-14(2)26-28-15(17)3)25-16-9-12-27(13-16)19-18(21)8-6-10-23-19;/h6,8,10,16H,4-5,7,9,11-13H2,1-3H3,(H2,22,24,25);1H. The van der Waals surface area contributed by atoms with Gasteiger partial charge in [0.2, 0.25) is 0 Å². The fraction of sp³-hybridized carbons (Fsp3) is 0.550. The van der Waals surface area contributed by atoms with E-state index in [0.29, 0.717) is 11.1 Å². The predicted molar refractivity (Wildman–Crippen MR) is 129 cm³/mol. The fourth-order valence-electron chi connectivity index (χ4n) is 3.50. The average Bonchev–Trinajstić information content (AvgIpc) is 3.26. The Hall–Kier alpha value is -1.55. The number of guanidine groups is 1. The zero-order valence-electron chi connectivity index (χ0n) is 17.2. The number of halogens is 2. The van der Waals surface area contributed by atoms with Crippen molar-refractivity contribution in [3.05, 3.63) is 40.4 Å². The van der Waals surface area contributed by atoms with Crippen LogP contribution in [0.2, 0.25) is 5.02 Å². The molecular formula is C20H30ClIN6O. The molecule has 0 saturated carbocycles. The second kappa shape index (κ2) is 11.6. The molecule has 0 aromatic carbocycles. The van der Waals surface area contributed by atoms with Gasteiger partial charge in [-0.3, -0.25) is 4.99 Å². The van der Waals surface area contributed by atoms with Crippen LogP contribution in [0.15, 0.2) is 27.8 Å². The molecule has 3 heterocycles. The van der Waals surface area contributed by atoms with Crippen molar-refractivity contribution in [1.82, 2.24) is 20.8 Å². The first-order valence-electron chi connectivity index (χ1n) is 9.90. The van der Waals surface area contributed by atoms with Crippen LogP contribution in [0.25, 0.3) is 0 Å². The lowest BCUT2D eigenvalue weighted by atomic mass is 10.1. The zero-order chi connectivity index (χ0) is 19.9. The summed E-state index contributed by atoms with van der Waals surface area (Å²) in [4.78, 5) is 11.4. The van der Waals surface area contributed by atoms with E-state index in [4.69, 9.17) is 21.1 Å². The Morgan fingerprint density at radius 3 is 2.93 bits per heavy atom. The maximum atomic E-state index is 6.28. The second-order valence-electron chi connectivity index (χ2n) is 7.05. The molecule has 0 aliphatic carbocycles. The molecule has 1 atom stereocenters. The van der Waals surface area contributed by atoms with Crippen molar-refractivity contribution in [2.45, 2.75) is 46.1 Å². The summed E-state index contributed by atoms with van der Waals surface area (Å²) in [6.45, 7) is 9.40. The van der Waals surface area contributed by atoms with E-state index in [1.54, 1.807) is 6.20 Å². The minimum absolute atomic E-state index is 0. The maximum absolute atomic E-state index is 6.28. The molecule has 2 N–H and O–H groups in total. The molecule has 3 rings (SSSR count). The van der Waals surface area contributed by atoms with Crippen LogP contribution < -0.4 is 15.5 Å². The van der Waals surface area contributed by atoms with Gasteiger partial charge in [-0.25, -0.2) is 4.98 Å². The summed E-state index contributed by atoms with van der Waals surface area (Å²) in [5.41, 5.74) is 2.18. The number of pyridine rings is 1. The number of rotatable bonds is 7. The van der Waals surface area contributed by atoms with Crippen molar-refractivity contribution in [2.75, 3.05) is 31.1 Å². The first-order chi connectivity index (χ1) is 13.6. The highest BCUT2D eigenvalue weighted by Crippen LogP contribution is 2.25. The summed E-state index contributed by atoms with van der Waals surface area (Å²) < 4.78 is 5.23. The topological polar surface area (TPSA) is 78.6 Å². The van der Waals surface area contributed by atoms with Crippen LogP contribution in [-0.2, 0) is 6.42 Å². The van der Waals surface area contributed by atoms with E-state index in [2.05, 4.69) is 32.6 Å². The maximum Gasteiger partial charge on any atom is 0.191 e. The van der Waals surface area contributed by atoms with Crippen LogP contribution in [0.3, 0.4) is 0 Å². The first kappa shape index (κ1) is 23.7. The van der Waals surface area contributed by atoms with Crippen molar-refractivity contribution in [2.24, 2.45) is 4.99 Å². The summed E-state index contributed by atoms with van der Waals surface area (Å²) in [6.07, 6.45) is 4.70. The molecular weight excluding hydrogens is 503 g/mol. The Bertz CT molecular complexity index is 793. The van der Waals surface area contributed by atoms with Crippen molar-refractivity contribution < 1.29 is 4.52 Å². The first-order valence-corrected chi connectivity index (χ1v) is 10.3. The number of aryl methyl sites for hydroxylation is 2. The summed E-state index contributed by atoms with van der Waals surface area (Å²) in [6, 6.07) is 4.06. The SMILES string of the molecule is CCNC(=NCCCc1c(C)noc1C)NC1CCN(c2ncccc2Cl)C1.I. The Morgan fingerprint density at radius 1 is 1.41 bits per heavy atom. The van der Waals surface area contributed by atoms with Gasteiger partial charge in [0, 0.05) is 44.0 Å². The number of anilines is 1. The molecule has 1 aliphatic heterocycles. The molecule has 160 valence electrons. The summed E-state index contributed by atoms with van der Waals surface area (Å²) in [7, 11) is 0. The molecule has 0 bridgehead atoms. The van der Waals surface area contributed by atoms with Gasteiger partial charge in [0.05, 0.1) is 10.7 Å². The minimum Gasteiger partial charge on any atom is -0.361 e. The number of nitrogens with zero attached hydrogens (tertiary/aromatic N) is 4. The van der Waals surface area contributed by atoms with E-state index in [1.807, 2.05) is 26.0 Å². The lowest BCUT2D eigenvalue weighted by molar-refractivity contribution is 0.392. The van der Waals surface area contributed by atoms with Crippen molar-refractivity contribution in [3.8, 4) is 0 Å². The number of aromatic nitrogens is 2. The Balaban J connectivity index is 0.00000300. The van der Waals surface area contributed by atoms with Gasteiger partial charge in [0.1, 0.15) is 11.6 Å². The lowest BCUT2D eigenvalue weighted by Gasteiger charge is -2.20. The second-order valence-corrected chi connectivity index (χ2v) is 7.46. The molecule has 0 radical (unpaired) electrons. The van der Waals surface area contributed by atoms with E-state index >= 15 is 0 Å². The van der Waals surface area contributed by atoms with Crippen LogP contribution in [0.5, 0.6) is 0 Å². The molecule has 1 aliphatic rings. The highest BCUT2D eigenvalue weighted by atomic mass is 127. The summed E-state index contributed by atoms with van der Waals surface area (Å²) in [5.74, 6) is 2.63. The molecule has 1 fully saturated rings. The Labute approximate surface area is 194 Å². The Kier molecular flexibility index (Phi) is 9.48. The molecule has 1 saturated heterocycles. The van der Waals surface area contributed by atoms with Crippen molar-refractivity contribution in [3.63, 3.8) is 0 Å². The third-order valence-corrected chi connectivity index (χ3v) is 5.24. The number of nitrogens with one attached hydrogen (secondary N) is 2. The molecule has 9 heteroatoms. The molecule has 0 amide bonds. The third-order valence-electron chi connectivity index (χ3n) is 4.95. The van der Waals surface area contributed by atoms with Crippen molar-refractivity contribution >= 4 is 47.4 Å². The zero-order valence-corrected chi connectivity index (χ0v) is 20.3. The van der Waals surface area contributed by atoms with Crippen LogP contribution in [0.4, 0.5) is 5.82 Å². The van der Waals surface area contributed by atoms with E-state index in [-0.39, 0.29) is 24.0 Å². The molecule has 29 heavy (non-hydrogen) atoms. The smallest absolute Gasteiger partial charge is 0.191 e. The molecule has 1 unspecified atom stereocenters. The molecule has 2 aromatic heterocycles. The average molecular weight is 533 g/mol. The van der Waals surface area contributed by atoms with Crippen LogP contribution in [0.1, 0.15) is 36.8 Å². The number of hydrogen-bond donors (Lipinski definition) is 2. The Morgan fingerprint density at radius 2 is 2.24 bits per heavy atom. The van der Waals surface area contributed by atoms with Gasteiger partial charge in [-0.05, 0) is 52.2 Å². The molecule has 7 nitrogen and oxygen atoms in total. The lowest BCUT2D eigenvalue weighted by Crippen LogP contribution is -2.44. The highest BCUT2D eigenvalue weighted by Gasteiger charge is 2.25. The summed E-state index contributed by atoms with van der Waals surface area (Å²) in [5, 5.41) is 11.6.